The molecule has 0 radical (unpaired) electrons. The van der Waals surface area contributed by atoms with Gasteiger partial charge in [0.25, 0.3) is 11.8 Å². The van der Waals surface area contributed by atoms with Crippen LogP contribution < -0.4 is 15.1 Å². The van der Waals surface area contributed by atoms with E-state index in [-0.39, 0.29) is 57.0 Å². The van der Waals surface area contributed by atoms with Crippen molar-refractivity contribution in [2.45, 2.75) is 42.7 Å². The second kappa shape index (κ2) is 14.6. The lowest BCUT2D eigenvalue weighted by molar-refractivity contribution is -0.143. The predicted octanol–water partition coefficient (Wildman–Crippen LogP) is 9.35. The Hall–Kier alpha value is -5.82. The fourth-order valence-corrected chi connectivity index (χ4v) is 9.70. The van der Waals surface area contributed by atoms with Gasteiger partial charge >= 0.3 is 18.5 Å². The molecule has 8 rings (SSSR count). The number of carbonyl (C=O) groups excluding carboxylic acids is 4. The van der Waals surface area contributed by atoms with Crippen LogP contribution in [-0.2, 0) is 43.1 Å². The number of aromatic hydroxyl groups is 1. The van der Waals surface area contributed by atoms with Crippen LogP contribution in [0.5, 0.6) is 11.5 Å². The smallest absolute Gasteiger partial charge is 0.417 e. The van der Waals surface area contributed by atoms with Gasteiger partial charge in [0.15, 0.2) is 17.3 Å². The van der Waals surface area contributed by atoms with E-state index in [4.69, 9.17) is 27.9 Å². The van der Waals surface area contributed by atoms with E-state index in [1.165, 1.54) is 55.7 Å². The van der Waals surface area contributed by atoms with Gasteiger partial charge in [0.1, 0.15) is 0 Å². The van der Waals surface area contributed by atoms with Gasteiger partial charge in [-0.3, -0.25) is 24.6 Å². The van der Waals surface area contributed by atoms with Gasteiger partial charge < -0.3 is 9.84 Å². The summed E-state index contributed by atoms with van der Waals surface area (Å²) in [7, 11) is 1.26. The molecule has 3 heterocycles. The minimum atomic E-state index is -5.32. The first-order chi connectivity index (χ1) is 29.0. The molecule has 4 aromatic rings. The normalized spacial score (nSPS) is 25.1. The molecule has 10 nitrogen and oxygen atoms in total. The number of methoxy groups -OCH3 is 1. The first-order valence-corrected chi connectivity index (χ1v) is 19.1. The van der Waals surface area contributed by atoms with E-state index >= 15 is 4.79 Å². The number of ether oxygens (including phenoxy) is 1. The van der Waals surface area contributed by atoms with Crippen molar-refractivity contribution in [3.8, 4) is 11.5 Å². The molecule has 2 saturated heterocycles. The van der Waals surface area contributed by atoms with Gasteiger partial charge in [-0.15, -0.1) is 0 Å². The summed E-state index contributed by atoms with van der Waals surface area (Å²) in [5.74, 6) is -12.1. The van der Waals surface area contributed by atoms with E-state index in [2.05, 4.69) is 10.4 Å². The van der Waals surface area contributed by atoms with Crippen molar-refractivity contribution in [3.63, 3.8) is 0 Å². The number of alkyl halides is 9. The zero-order valence-electron chi connectivity index (χ0n) is 31.3. The SMILES string of the molecule is COc1ccc(C2C3=CCC4C(=O)N(c5cc(C(F)(F)F)cc(C(F)(F)F)c5)C(=O)C4C3CC3C(=O)N(Nc4ncc(C(F)(F)F)cc4Cl)C(=O)C32c2ccc(Cl)cc2)cc1O. The molecule has 4 aliphatic rings. The molecule has 324 valence electrons. The Kier molecular flexibility index (Phi) is 10.1. The summed E-state index contributed by atoms with van der Waals surface area (Å²) in [4.78, 5) is 62.7. The number of carbonyl (C=O) groups is 4. The molecule has 4 amide bonds. The minimum absolute atomic E-state index is 0.0115. The number of aromatic nitrogens is 1. The molecule has 2 aliphatic heterocycles. The monoisotopic (exact) mass is 912 g/mol. The number of hydrogen-bond acceptors (Lipinski definition) is 8. The largest absolute Gasteiger partial charge is 0.504 e. The summed E-state index contributed by atoms with van der Waals surface area (Å²) in [5, 5.41) is 11.2. The first-order valence-electron chi connectivity index (χ1n) is 18.4. The fraction of sp³-hybridized carbons (Fsp3) is 0.293. The van der Waals surface area contributed by atoms with Gasteiger partial charge in [-0.2, -0.15) is 44.5 Å². The minimum Gasteiger partial charge on any atom is -0.504 e. The molecule has 6 unspecified atom stereocenters. The number of phenolic OH excluding ortho intramolecular Hbond substituents is 1. The molecule has 1 saturated carbocycles. The van der Waals surface area contributed by atoms with Gasteiger partial charge in [-0.25, -0.2) is 9.88 Å². The van der Waals surface area contributed by atoms with Crippen molar-refractivity contribution in [1.29, 1.82) is 0 Å². The third-order valence-electron chi connectivity index (χ3n) is 11.9. The highest BCUT2D eigenvalue weighted by Gasteiger charge is 2.70. The van der Waals surface area contributed by atoms with Crippen LogP contribution in [0.15, 0.2) is 84.6 Å². The molecular weight excluding hydrogens is 886 g/mol. The summed E-state index contributed by atoms with van der Waals surface area (Å²) in [6.45, 7) is 0. The second-order valence-electron chi connectivity index (χ2n) is 15.1. The average molecular weight is 914 g/mol. The summed E-state index contributed by atoms with van der Waals surface area (Å²) in [5.41, 5.74) is -4.75. The summed E-state index contributed by atoms with van der Waals surface area (Å²) in [6, 6.07) is 10.7. The number of nitrogens with zero attached hydrogens (tertiary/aromatic N) is 3. The zero-order chi connectivity index (χ0) is 45.0. The maximum Gasteiger partial charge on any atom is 0.417 e. The lowest BCUT2D eigenvalue weighted by Gasteiger charge is -2.50. The van der Waals surface area contributed by atoms with Crippen LogP contribution in [0.3, 0.4) is 0 Å². The van der Waals surface area contributed by atoms with Gasteiger partial charge in [0.05, 0.1) is 57.7 Å². The van der Waals surface area contributed by atoms with E-state index < -0.39 is 123 Å². The van der Waals surface area contributed by atoms with Crippen molar-refractivity contribution in [2.24, 2.45) is 23.7 Å². The number of fused-ring (bicyclic) bond motifs is 4. The lowest BCUT2D eigenvalue weighted by Crippen LogP contribution is -2.53. The molecule has 6 atom stereocenters. The van der Waals surface area contributed by atoms with Gasteiger partial charge in [0.2, 0.25) is 11.8 Å². The maximum atomic E-state index is 15.3. The van der Waals surface area contributed by atoms with Crippen LogP contribution in [0.25, 0.3) is 0 Å². The number of pyridine rings is 1. The van der Waals surface area contributed by atoms with E-state index in [1.54, 1.807) is 0 Å². The second-order valence-corrected chi connectivity index (χ2v) is 16.0. The Bertz CT molecular complexity index is 2570. The molecule has 2 N–H and O–H groups in total. The number of benzene rings is 3. The van der Waals surface area contributed by atoms with Crippen molar-refractivity contribution >= 4 is 58.3 Å². The summed E-state index contributed by atoms with van der Waals surface area (Å²) < 4.78 is 129. The molecule has 3 aromatic carbocycles. The van der Waals surface area contributed by atoms with Crippen molar-refractivity contribution in [2.75, 3.05) is 17.4 Å². The molecule has 3 fully saturated rings. The fourth-order valence-electron chi connectivity index (χ4n) is 9.37. The molecule has 0 spiro atoms. The van der Waals surface area contributed by atoms with Gasteiger partial charge in [-0.05, 0) is 78.4 Å². The Balaban J connectivity index is 1.31. The molecule has 0 bridgehead atoms. The van der Waals surface area contributed by atoms with E-state index in [0.29, 0.717) is 17.3 Å². The number of amides is 4. The number of hydrogen-bond donors (Lipinski definition) is 2. The zero-order valence-corrected chi connectivity index (χ0v) is 32.8. The first kappa shape index (κ1) is 42.9. The summed E-state index contributed by atoms with van der Waals surface area (Å²) >= 11 is 12.5. The Labute approximate surface area is 353 Å². The lowest BCUT2D eigenvalue weighted by atomic mass is 9.49. The van der Waals surface area contributed by atoms with E-state index in [9.17, 15) is 59.0 Å². The highest BCUT2D eigenvalue weighted by atomic mass is 35.5. The van der Waals surface area contributed by atoms with Crippen molar-refractivity contribution < 1.29 is 68.5 Å². The van der Waals surface area contributed by atoms with Crippen LogP contribution >= 0.6 is 23.2 Å². The average Bonchev–Trinajstić information content (AvgIpc) is 3.58. The highest BCUT2D eigenvalue weighted by molar-refractivity contribution is 6.33. The Morgan fingerprint density at radius 3 is 1.98 bits per heavy atom. The topological polar surface area (TPSA) is 129 Å². The van der Waals surface area contributed by atoms with Crippen LogP contribution in [0, 0.1) is 23.7 Å². The maximum absolute atomic E-state index is 15.3. The quantitative estimate of drug-likeness (QED) is 0.111. The van der Waals surface area contributed by atoms with Gasteiger partial charge in [-0.1, -0.05) is 53.1 Å². The van der Waals surface area contributed by atoms with E-state index in [1.807, 2.05) is 0 Å². The molecule has 1 aromatic heterocycles. The number of halogens is 11. The Morgan fingerprint density at radius 1 is 0.790 bits per heavy atom. The third-order valence-corrected chi connectivity index (χ3v) is 12.5. The van der Waals surface area contributed by atoms with Crippen molar-refractivity contribution in [3.05, 3.63) is 122 Å². The highest BCUT2D eigenvalue weighted by Crippen LogP contribution is 2.64. The van der Waals surface area contributed by atoms with Crippen LogP contribution in [-0.4, -0.2) is 45.8 Å². The summed E-state index contributed by atoms with van der Waals surface area (Å²) in [6.07, 6.45) is -14.3. The number of hydrazine groups is 1. The van der Waals surface area contributed by atoms with Crippen LogP contribution in [0.1, 0.15) is 46.6 Å². The predicted molar refractivity (Wildman–Crippen MR) is 200 cm³/mol. The molecular formula is C41H27Cl2F9N4O6. The molecule has 62 heavy (non-hydrogen) atoms. The molecule has 21 heteroatoms. The Morgan fingerprint density at radius 2 is 1.42 bits per heavy atom. The number of rotatable bonds is 6. The number of phenols is 1. The standard InChI is InChI=1S/C41H27Cl2F9N4O6/c1-62-30-9-2-17(10-29(30)57)32-24-7-8-25-31(36(60)55(34(25)58)23-12-19(39(44,45)46)11-20(13-23)40(47,48)49)26(24)15-27-35(59)56(37(61)38(27,32)18-3-5-22(42)6-4-18)54-33-28(43)14-21(16-53-33)41(50,51)52/h2-7,9-14,16,25-27,31-32,57H,8,15H2,1H3,(H,53,54). The third kappa shape index (κ3) is 6.70. The number of imide groups is 2. The van der Waals surface area contributed by atoms with Crippen molar-refractivity contribution in [1.82, 2.24) is 9.99 Å². The van der Waals surface area contributed by atoms with Crippen LogP contribution in [0.4, 0.5) is 51.0 Å². The number of nitrogens with one attached hydrogen (secondary N) is 1. The van der Waals surface area contributed by atoms with E-state index in [0.717, 1.165) is 0 Å². The van der Waals surface area contributed by atoms with Crippen LogP contribution in [0.2, 0.25) is 10.0 Å². The number of allylic oxidation sites excluding steroid dienone is 2. The van der Waals surface area contributed by atoms with Gasteiger partial charge in [0, 0.05) is 17.1 Å². The molecule has 2 aliphatic carbocycles. The number of anilines is 2.